The lowest BCUT2D eigenvalue weighted by molar-refractivity contribution is -0.302. The van der Waals surface area contributed by atoms with Gasteiger partial charge in [-0.05, 0) is 102 Å². The molecule has 0 fully saturated rings. The third-order valence-corrected chi connectivity index (χ3v) is 9.16. The van der Waals surface area contributed by atoms with Crippen LogP contribution in [-0.4, -0.2) is 28.3 Å². The second kappa shape index (κ2) is 9.79. The Hall–Kier alpha value is -4.28. The molecule has 8 nitrogen and oxygen atoms in total. The minimum atomic E-state index is -4.02. The highest BCUT2D eigenvalue weighted by Gasteiger charge is 2.25. The number of Topliss-reactive ketones (excluding diaryl/α,β-unsaturated/α-hetero) is 1. The van der Waals surface area contributed by atoms with Crippen LogP contribution >= 0.6 is 0 Å². The molecule has 0 aromatic heterocycles. The first-order valence-corrected chi connectivity index (χ1v) is 14.8. The van der Waals surface area contributed by atoms with Crippen LogP contribution in [0.25, 0.3) is 11.1 Å². The van der Waals surface area contributed by atoms with Crippen LogP contribution in [0.2, 0.25) is 0 Å². The maximum atomic E-state index is 13.0. The van der Waals surface area contributed by atoms with Crippen molar-refractivity contribution >= 4 is 37.2 Å². The molecule has 5 rings (SSSR count). The summed E-state index contributed by atoms with van der Waals surface area (Å²) in [7, 11) is -7.91. The number of carbonyl (C=O) groups excluding carboxylic acids is 1. The predicted molar refractivity (Wildman–Crippen MR) is 148 cm³/mol. The van der Waals surface area contributed by atoms with Gasteiger partial charge in [0, 0.05) is 11.3 Å². The molecule has 0 atom stereocenters. The van der Waals surface area contributed by atoms with Crippen molar-refractivity contribution in [2.45, 2.75) is 30.1 Å². The van der Waals surface area contributed by atoms with E-state index < -0.39 is 20.0 Å². The lowest BCUT2D eigenvalue weighted by Gasteiger charge is -2.11. The number of rotatable bonds is 6. The first-order valence-electron chi connectivity index (χ1n) is 11.9. The van der Waals surface area contributed by atoms with Crippen LogP contribution in [0.4, 0.5) is 5.69 Å². The molecule has 198 valence electrons. The molecule has 0 amide bonds. The molecule has 10 heteroatoms. The molecule has 39 heavy (non-hydrogen) atoms. The minimum Gasteiger partial charge on any atom is -0.875 e. The molecule has 0 heterocycles. The molecular formula is C29H23N2O6S2-. The molecule has 0 bridgehead atoms. The van der Waals surface area contributed by atoms with Gasteiger partial charge in [-0.1, -0.05) is 31.2 Å². The zero-order valence-corrected chi connectivity index (χ0v) is 22.6. The van der Waals surface area contributed by atoms with Crippen LogP contribution in [-0.2, 0) is 26.5 Å². The van der Waals surface area contributed by atoms with Crippen molar-refractivity contribution in [3.05, 3.63) is 113 Å². The Morgan fingerprint density at radius 3 is 1.92 bits per heavy atom. The highest BCUT2D eigenvalue weighted by atomic mass is 32.2. The molecular weight excluding hydrogens is 536 g/mol. The topological polar surface area (TPSA) is 133 Å². The van der Waals surface area contributed by atoms with E-state index in [9.17, 15) is 26.7 Å². The smallest absolute Gasteiger partial charge is 0.282 e. The van der Waals surface area contributed by atoms with Crippen molar-refractivity contribution in [1.82, 2.24) is 0 Å². The Morgan fingerprint density at radius 1 is 0.795 bits per heavy atom. The molecule has 0 saturated heterocycles. The maximum absolute atomic E-state index is 13.0. The molecule has 1 N–H and O–H groups in total. The summed E-state index contributed by atoms with van der Waals surface area (Å²) in [4.78, 5) is 11.6. The van der Waals surface area contributed by atoms with Crippen LogP contribution < -0.4 is 9.83 Å². The lowest BCUT2D eigenvalue weighted by atomic mass is 10.1. The molecule has 2 aliphatic rings. The highest BCUT2D eigenvalue weighted by molar-refractivity contribution is 7.92. The summed E-state index contributed by atoms with van der Waals surface area (Å²) >= 11 is 0. The van der Waals surface area contributed by atoms with E-state index in [1.807, 2.05) is 0 Å². The third-order valence-electron chi connectivity index (χ3n) is 6.48. The summed E-state index contributed by atoms with van der Waals surface area (Å²) in [6, 6.07) is 15.7. The summed E-state index contributed by atoms with van der Waals surface area (Å²) in [5.41, 5.74) is 4.64. The summed E-state index contributed by atoms with van der Waals surface area (Å²) in [6.45, 7) is 2.86. The Kier molecular flexibility index (Phi) is 6.61. The quantitative estimate of drug-likeness (QED) is 0.279. The minimum absolute atomic E-state index is 0.0215. The number of ketones is 1. The van der Waals surface area contributed by atoms with E-state index in [-0.39, 0.29) is 27.0 Å². The summed E-state index contributed by atoms with van der Waals surface area (Å²) in [5.74, 6) is -0.242. The fourth-order valence-corrected chi connectivity index (χ4v) is 6.57. The number of sulfonamides is 2. The molecule has 3 aromatic rings. The molecule has 0 unspecified atom stereocenters. The molecule has 3 aromatic carbocycles. The molecule has 0 spiro atoms. The number of anilines is 1. The van der Waals surface area contributed by atoms with Crippen molar-refractivity contribution in [2.75, 3.05) is 4.72 Å². The van der Waals surface area contributed by atoms with Gasteiger partial charge in [-0.15, -0.1) is 5.76 Å². The van der Waals surface area contributed by atoms with Gasteiger partial charge < -0.3 is 5.11 Å². The van der Waals surface area contributed by atoms with Crippen LogP contribution in [0.15, 0.2) is 110 Å². The van der Waals surface area contributed by atoms with Crippen molar-refractivity contribution in [2.24, 2.45) is 4.40 Å². The Labute approximate surface area is 226 Å². The van der Waals surface area contributed by atoms with Gasteiger partial charge in [0.1, 0.15) is 0 Å². The highest BCUT2D eigenvalue weighted by Crippen LogP contribution is 2.39. The van der Waals surface area contributed by atoms with E-state index in [0.29, 0.717) is 23.2 Å². The summed E-state index contributed by atoms with van der Waals surface area (Å²) in [6.07, 6.45) is 6.36. The van der Waals surface area contributed by atoms with Gasteiger partial charge in [-0.25, -0.2) is 8.42 Å². The average molecular weight is 560 g/mol. The van der Waals surface area contributed by atoms with E-state index in [0.717, 1.165) is 22.3 Å². The lowest BCUT2D eigenvalue weighted by Crippen LogP contribution is -2.13. The van der Waals surface area contributed by atoms with E-state index in [2.05, 4.69) is 9.12 Å². The second-order valence-electron chi connectivity index (χ2n) is 9.22. The molecule has 0 radical (unpaired) electrons. The van der Waals surface area contributed by atoms with E-state index in [1.54, 1.807) is 36.4 Å². The number of nitrogens with zero attached hydrogens (tertiary/aromatic N) is 1. The fraction of sp³-hybridized carbons (Fsp3) is 0.103. The molecule has 0 aliphatic heterocycles. The number of allylic oxidation sites excluding steroid dienone is 6. The van der Waals surface area contributed by atoms with Gasteiger partial charge in [0.15, 0.2) is 5.78 Å². The first-order chi connectivity index (χ1) is 18.4. The number of hydrogen-bond acceptors (Lipinski definition) is 6. The zero-order valence-electron chi connectivity index (χ0n) is 21.0. The summed E-state index contributed by atoms with van der Waals surface area (Å²) < 4.78 is 58.4. The van der Waals surface area contributed by atoms with Gasteiger partial charge >= 0.3 is 0 Å². The number of benzene rings is 3. The van der Waals surface area contributed by atoms with Crippen molar-refractivity contribution in [1.29, 1.82) is 0 Å². The van der Waals surface area contributed by atoms with Crippen molar-refractivity contribution < 1.29 is 26.7 Å². The normalized spacial score (nSPS) is 14.1. The molecule has 0 saturated carbocycles. The second-order valence-corrected chi connectivity index (χ2v) is 12.5. The van der Waals surface area contributed by atoms with E-state index in [4.69, 9.17) is 0 Å². The van der Waals surface area contributed by atoms with Crippen LogP contribution in [0.1, 0.15) is 35.3 Å². The van der Waals surface area contributed by atoms with Gasteiger partial charge in [0.2, 0.25) is 0 Å². The summed E-state index contributed by atoms with van der Waals surface area (Å²) in [5, 5.41) is 11.5. The SMILES string of the molecule is CC(=O)c1ccc(NS(=O)(=O)c2ccc3c(c2)Cc2cc(S(=O)(=O)N=C4C=CC(=C(C)[O-])C=C4)ccc2-3)cc1. The van der Waals surface area contributed by atoms with Crippen molar-refractivity contribution in [3.63, 3.8) is 0 Å². The van der Waals surface area contributed by atoms with E-state index in [1.165, 1.54) is 62.4 Å². The number of nitrogens with one attached hydrogen (secondary N) is 1. The first kappa shape index (κ1) is 26.3. The maximum Gasteiger partial charge on any atom is 0.282 e. The number of hydrogen-bond donors (Lipinski definition) is 1. The van der Waals surface area contributed by atoms with Gasteiger partial charge in [-0.3, -0.25) is 9.52 Å². The average Bonchev–Trinajstić information content (AvgIpc) is 3.26. The predicted octanol–water partition coefficient (Wildman–Crippen LogP) is 4.15. The third kappa shape index (κ3) is 5.34. The fourth-order valence-electron chi connectivity index (χ4n) is 4.43. The Bertz CT molecular complexity index is 1840. The largest absolute Gasteiger partial charge is 0.875 e. The Morgan fingerprint density at radius 2 is 1.36 bits per heavy atom. The van der Waals surface area contributed by atoms with Crippen molar-refractivity contribution in [3.8, 4) is 11.1 Å². The Balaban J connectivity index is 1.38. The standard InChI is InChI=1S/C29H24N2O6S2/c1-18(32)20-3-7-24(8-4-20)30-38(34,35)26-11-13-28-22(16-26)15-23-17-27(12-14-29(23)28)39(36,37)31-25-9-5-21(6-10-25)19(2)33/h3-14,16-17,30,33H,15H2,1-2H3/p-1. The van der Waals surface area contributed by atoms with Gasteiger partial charge in [-0.2, -0.15) is 12.8 Å². The van der Waals surface area contributed by atoms with Crippen LogP contribution in [0.3, 0.4) is 0 Å². The van der Waals surface area contributed by atoms with Crippen LogP contribution in [0.5, 0.6) is 0 Å². The van der Waals surface area contributed by atoms with Gasteiger partial charge in [0.25, 0.3) is 20.0 Å². The zero-order chi connectivity index (χ0) is 27.9. The van der Waals surface area contributed by atoms with Gasteiger partial charge in [0.05, 0.1) is 15.5 Å². The monoisotopic (exact) mass is 559 g/mol. The number of fused-ring (bicyclic) bond motifs is 3. The number of carbonyl (C=O) groups is 1. The van der Waals surface area contributed by atoms with E-state index >= 15 is 0 Å². The van der Waals surface area contributed by atoms with Crippen LogP contribution in [0, 0.1) is 0 Å². The molecule has 2 aliphatic carbocycles.